The Kier molecular flexibility index (Phi) is 5.91. The number of rotatable bonds is 5. The molecule has 1 unspecified atom stereocenters. The molecule has 0 saturated carbocycles. The van der Waals surface area contributed by atoms with E-state index in [-0.39, 0.29) is 23.1 Å². The zero-order valence-electron chi connectivity index (χ0n) is 15.4. The molecule has 11 heteroatoms. The van der Waals surface area contributed by atoms with Crippen LogP contribution in [-0.2, 0) is 22.1 Å². The van der Waals surface area contributed by atoms with Crippen LogP contribution in [-0.4, -0.2) is 38.4 Å². The SMILES string of the molecule is CC[C@]1(NS(=O)C(C)(C)C)COc2c1cc([C@@](O)(CN)C(F)(F)F)nc2Cl. The molecule has 0 aliphatic carbocycles. The summed E-state index contributed by atoms with van der Waals surface area (Å²) in [6.07, 6.45) is -4.70. The molecule has 0 aromatic carbocycles. The molecule has 0 saturated heterocycles. The van der Waals surface area contributed by atoms with Crippen LogP contribution in [0.1, 0.15) is 45.4 Å². The van der Waals surface area contributed by atoms with Crippen LogP contribution in [0.5, 0.6) is 5.75 Å². The van der Waals surface area contributed by atoms with Crippen LogP contribution >= 0.6 is 11.6 Å². The first-order chi connectivity index (χ1) is 12.2. The van der Waals surface area contributed by atoms with Gasteiger partial charge in [0, 0.05) is 12.1 Å². The van der Waals surface area contributed by atoms with Crippen molar-refractivity contribution < 1.29 is 27.2 Å². The lowest BCUT2D eigenvalue weighted by Crippen LogP contribution is -2.50. The zero-order valence-corrected chi connectivity index (χ0v) is 17.0. The van der Waals surface area contributed by atoms with Gasteiger partial charge in [-0.15, -0.1) is 0 Å². The third-order valence-electron chi connectivity index (χ3n) is 4.55. The Morgan fingerprint density at radius 1 is 1.44 bits per heavy atom. The summed E-state index contributed by atoms with van der Waals surface area (Å²) in [5, 5.41) is 9.82. The van der Waals surface area contributed by atoms with Gasteiger partial charge >= 0.3 is 6.18 Å². The van der Waals surface area contributed by atoms with Crippen LogP contribution in [0.2, 0.25) is 5.15 Å². The van der Waals surface area contributed by atoms with Crippen molar-refractivity contribution in [2.24, 2.45) is 5.73 Å². The highest BCUT2D eigenvalue weighted by Crippen LogP contribution is 2.47. The number of aliphatic hydroxyl groups is 1. The second kappa shape index (κ2) is 7.14. The average molecular weight is 430 g/mol. The number of pyridine rings is 1. The third kappa shape index (κ3) is 3.82. The van der Waals surface area contributed by atoms with Crippen molar-refractivity contribution >= 4 is 22.6 Å². The van der Waals surface area contributed by atoms with Crippen LogP contribution in [0.15, 0.2) is 6.07 Å². The van der Waals surface area contributed by atoms with Crippen LogP contribution in [0.25, 0.3) is 0 Å². The molecule has 0 bridgehead atoms. The van der Waals surface area contributed by atoms with Crippen molar-refractivity contribution in [2.45, 2.75) is 56.2 Å². The van der Waals surface area contributed by atoms with Crippen molar-refractivity contribution in [3.05, 3.63) is 22.5 Å². The van der Waals surface area contributed by atoms with Crippen molar-refractivity contribution in [1.29, 1.82) is 0 Å². The maximum absolute atomic E-state index is 13.4. The number of hydrogen-bond donors (Lipinski definition) is 3. The molecule has 2 heterocycles. The largest absolute Gasteiger partial charge is 0.488 e. The molecule has 0 fully saturated rings. The molecule has 2 rings (SSSR count). The number of alkyl halides is 3. The summed E-state index contributed by atoms with van der Waals surface area (Å²) < 4.78 is 60.7. The van der Waals surface area contributed by atoms with Gasteiger partial charge < -0.3 is 15.6 Å². The lowest BCUT2D eigenvalue weighted by molar-refractivity contribution is -0.263. The molecule has 1 aromatic heterocycles. The van der Waals surface area contributed by atoms with Crippen LogP contribution in [0, 0.1) is 0 Å². The lowest BCUT2D eigenvalue weighted by atomic mass is 9.88. The van der Waals surface area contributed by atoms with Crippen molar-refractivity contribution in [3.8, 4) is 5.75 Å². The minimum absolute atomic E-state index is 0.0125. The van der Waals surface area contributed by atoms with Gasteiger partial charge in [-0.25, -0.2) is 13.9 Å². The number of hydrogen-bond acceptors (Lipinski definition) is 5. The highest BCUT2D eigenvalue weighted by atomic mass is 35.5. The molecule has 27 heavy (non-hydrogen) atoms. The van der Waals surface area contributed by atoms with E-state index in [1.807, 2.05) is 0 Å². The van der Waals surface area contributed by atoms with Gasteiger partial charge in [-0.05, 0) is 33.3 Å². The highest BCUT2D eigenvalue weighted by molar-refractivity contribution is 7.84. The normalized spacial score (nSPS) is 23.5. The van der Waals surface area contributed by atoms with Crippen molar-refractivity contribution in [2.75, 3.05) is 13.2 Å². The predicted molar refractivity (Wildman–Crippen MR) is 96.7 cm³/mol. The summed E-state index contributed by atoms with van der Waals surface area (Å²) >= 11 is 6.04. The van der Waals surface area contributed by atoms with Crippen LogP contribution < -0.4 is 15.2 Å². The number of halogens is 4. The first-order valence-electron chi connectivity index (χ1n) is 8.25. The molecular weight excluding hydrogens is 407 g/mol. The first-order valence-corrected chi connectivity index (χ1v) is 9.78. The number of ether oxygens (including phenoxy) is 1. The molecule has 0 spiro atoms. The predicted octanol–water partition coefficient (Wildman–Crippen LogP) is 2.49. The minimum atomic E-state index is -5.05. The highest BCUT2D eigenvalue weighted by Gasteiger charge is 2.56. The number of nitrogens with one attached hydrogen (secondary N) is 1. The summed E-state index contributed by atoms with van der Waals surface area (Å²) in [6.45, 7) is 5.95. The van der Waals surface area contributed by atoms with E-state index in [0.29, 0.717) is 6.42 Å². The Balaban J connectivity index is 2.62. The van der Waals surface area contributed by atoms with Gasteiger partial charge in [0.2, 0.25) is 5.60 Å². The Hall–Kier alpha value is -0.940. The molecular formula is C16H23ClF3N3O3S. The molecule has 1 aliphatic rings. The van der Waals surface area contributed by atoms with E-state index in [0.717, 1.165) is 6.07 Å². The smallest absolute Gasteiger partial charge is 0.424 e. The van der Waals surface area contributed by atoms with Crippen LogP contribution in [0.3, 0.4) is 0 Å². The zero-order chi connectivity index (χ0) is 20.8. The number of nitrogens with two attached hydrogens (primary N) is 1. The Morgan fingerprint density at radius 3 is 2.48 bits per heavy atom. The standard InChI is InChI=1S/C16H23ClF3N3O3S/c1-5-14(23-27(25)13(2,3)4)8-26-11-9(14)6-10(22-12(11)17)15(24,7-21)16(18,19)20/h6,23-24H,5,7-8,21H2,1-4H3/t14-,15-,27?/m0/s1. The molecule has 6 nitrogen and oxygen atoms in total. The molecule has 0 amide bonds. The van der Waals surface area contributed by atoms with Crippen LogP contribution in [0.4, 0.5) is 13.2 Å². The summed E-state index contributed by atoms with van der Waals surface area (Å²) in [5.41, 5.74) is 0.329. The molecule has 154 valence electrons. The number of fused-ring (bicyclic) bond motifs is 1. The van der Waals surface area contributed by atoms with Gasteiger partial charge in [-0.1, -0.05) is 18.5 Å². The minimum Gasteiger partial charge on any atom is -0.488 e. The second-order valence-corrected chi connectivity index (χ2v) is 9.77. The summed E-state index contributed by atoms with van der Waals surface area (Å²) in [7, 11) is -1.53. The molecule has 3 atom stereocenters. The van der Waals surface area contributed by atoms with E-state index in [1.54, 1.807) is 27.7 Å². The van der Waals surface area contributed by atoms with Gasteiger partial charge in [-0.2, -0.15) is 13.2 Å². The van der Waals surface area contributed by atoms with Crippen molar-refractivity contribution in [1.82, 2.24) is 9.71 Å². The number of aromatic nitrogens is 1. The third-order valence-corrected chi connectivity index (χ3v) is 6.49. The topological polar surface area (TPSA) is 97.5 Å². The lowest BCUT2D eigenvalue weighted by Gasteiger charge is -2.33. The van der Waals surface area contributed by atoms with E-state index < -0.39 is 45.3 Å². The van der Waals surface area contributed by atoms with Gasteiger partial charge in [0.1, 0.15) is 6.61 Å². The fourth-order valence-corrected chi connectivity index (χ4v) is 3.85. The fourth-order valence-electron chi connectivity index (χ4n) is 2.63. The monoisotopic (exact) mass is 429 g/mol. The van der Waals surface area contributed by atoms with E-state index >= 15 is 0 Å². The number of nitrogens with zero attached hydrogens (tertiary/aromatic N) is 1. The van der Waals surface area contributed by atoms with Gasteiger partial charge in [0.05, 0.1) is 27.0 Å². The fraction of sp³-hybridized carbons (Fsp3) is 0.688. The molecule has 0 radical (unpaired) electrons. The Morgan fingerprint density at radius 2 is 2.04 bits per heavy atom. The van der Waals surface area contributed by atoms with E-state index in [4.69, 9.17) is 22.1 Å². The quantitative estimate of drug-likeness (QED) is 0.625. The summed E-state index contributed by atoms with van der Waals surface area (Å²) in [6, 6.07) is 1.07. The van der Waals surface area contributed by atoms with E-state index in [1.165, 1.54) is 0 Å². The molecule has 1 aromatic rings. The maximum Gasteiger partial charge on any atom is 0.424 e. The summed E-state index contributed by atoms with van der Waals surface area (Å²) in [5.74, 6) is 0.0993. The van der Waals surface area contributed by atoms with E-state index in [2.05, 4.69) is 9.71 Å². The second-order valence-electron chi connectivity index (χ2n) is 7.44. The summed E-state index contributed by atoms with van der Waals surface area (Å²) in [4.78, 5) is 3.67. The van der Waals surface area contributed by atoms with Gasteiger partial charge in [0.15, 0.2) is 10.9 Å². The molecule has 4 N–H and O–H groups in total. The average Bonchev–Trinajstić information content (AvgIpc) is 2.91. The van der Waals surface area contributed by atoms with Crippen molar-refractivity contribution in [3.63, 3.8) is 0 Å². The molecule has 1 aliphatic heterocycles. The maximum atomic E-state index is 13.4. The van der Waals surface area contributed by atoms with Gasteiger partial charge in [-0.3, -0.25) is 0 Å². The Labute approximate surface area is 163 Å². The van der Waals surface area contributed by atoms with E-state index in [9.17, 15) is 22.5 Å². The Bertz CT molecular complexity index is 757. The first kappa shape index (κ1) is 22.4. The van der Waals surface area contributed by atoms with Gasteiger partial charge in [0.25, 0.3) is 0 Å².